The largest absolute Gasteiger partial charge is 0.310 e. The second kappa shape index (κ2) is 14.8. The van der Waals surface area contributed by atoms with Crippen LogP contribution in [-0.2, 0) is 0 Å². The molecule has 0 radical (unpaired) electrons. The molecule has 64 heavy (non-hydrogen) atoms. The van der Waals surface area contributed by atoms with Gasteiger partial charge in [-0.05, 0) is 136 Å². The van der Waals surface area contributed by atoms with Gasteiger partial charge in [-0.15, -0.1) is 11.3 Å². The van der Waals surface area contributed by atoms with E-state index in [-0.39, 0.29) is 0 Å². The van der Waals surface area contributed by atoms with E-state index in [9.17, 15) is 0 Å². The topological polar surface area (TPSA) is 3.24 Å². The van der Waals surface area contributed by atoms with E-state index in [1.807, 2.05) is 11.3 Å². The molecule has 0 saturated heterocycles. The van der Waals surface area contributed by atoms with E-state index in [0.29, 0.717) is 0 Å². The Hall–Kier alpha value is -8.04. The van der Waals surface area contributed by atoms with Crippen LogP contribution < -0.4 is 4.90 Å². The van der Waals surface area contributed by atoms with Crippen molar-refractivity contribution in [2.24, 2.45) is 0 Å². The molecule has 0 unspecified atom stereocenters. The molecule has 0 bridgehead atoms. The zero-order chi connectivity index (χ0) is 42.1. The van der Waals surface area contributed by atoms with Crippen molar-refractivity contribution in [3.05, 3.63) is 237 Å². The summed E-state index contributed by atoms with van der Waals surface area (Å²) in [6, 6.07) is 87.4. The fourth-order valence-corrected chi connectivity index (χ4v) is 11.5. The second-order valence-corrected chi connectivity index (χ2v) is 17.9. The molecule has 1 heterocycles. The molecule has 0 saturated carbocycles. The van der Waals surface area contributed by atoms with E-state index < -0.39 is 0 Å². The highest BCUT2D eigenvalue weighted by Crippen LogP contribution is 2.49. The lowest BCUT2D eigenvalue weighted by molar-refractivity contribution is 1.31. The van der Waals surface area contributed by atoms with Crippen LogP contribution in [-0.4, -0.2) is 0 Å². The zero-order valence-electron chi connectivity index (χ0n) is 34.9. The summed E-state index contributed by atoms with van der Waals surface area (Å²) < 4.78 is 2.60. The first-order chi connectivity index (χ1) is 31.7. The van der Waals surface area contributed by atoms with Gasteiger partial charge in [-0.3, -0.25) is 0 Å². The number of nitrogens with zero attached hydrogens (tertiary/aromatic N) is 1. The number of benzene rings is 12. The van der Waals surface area contributed by atoms with Gasteiger partial charge in [0.2, 0.25) is 0 Å². The zero-order valence-corrected chi connectivity index (χ0v) is 35.7. The molecule has 0 aliphatic rings. The lowest BCUT2D eigenvalue weighted by atomic mass is 9.90. The molecule has 0 atom stereocenters. The summed E-state index contributed by atoms with van der Waals surface area (Å²) in [5.41, 5.74) is 10.6. The van der Waals surface area contributed by atoms with Crippen molar-refractivity contribution < 1.29 is 0 Å². The third kappa shape index (κ3) is 5.91. The summed E-state index contributed by atoms with van der Waals surface area (Å²) in [4.78, 5) is 2.50. The van der Waals surface area contributed by atoms with Crippen LogP contribution in [0, 0.1) is 0 Å². The van der Waals surface area contributed by atoms with E-state index >= 15 is 0 Å². The fraction of sp³-hybridized carbons (Fsp3) is 0. The molecule has 1 aromatic heterocycles. The Morgan fingerprint density at radius 1 is 0.281 bits per heavy atom. The lowest BCUT2D eigenvalue weighted by Crippen LogP contribution is -2.10. The van der Waals surface area contributed by atoms with Crippen LogP contribution in [0.4, 0.5) is 17.1 Å². The standard InChI is InChI=1S/C62H39NS/c1-2-15-41(16-3-1)57-39-48(32-35-51(57)46-29-28-40-14-4-5-18-43(40)36-46)63(59-26-13-27-60-61(59)56-33-30-42-17-6-9-22-52(42)62(56)64-60)47-31-34-50-44(37-47)20-12-25-54(50)58-38-45-19-7-8-21-49(45)53-23-10-11-24-55(53)58/h1-39H. The van der Waals surface area contributed by atoms with Gasteiger partial charge in [0.15, 0.2) is 0 Å². The molecule has 2 heteroatoms. The molecule has 13 aromatic rings. The first-order valence-corrected chi connectivity index (χ1v) is 22.8. The van der Waals surface area contributed by atoms with Crippen LogP contribution in [0.3, 0.4) is 0 Å². The van der Waals surface area contributed by atoms with Crippen molar-refractivity contribution in [1.82, 2.24) is 0 Å². The van der Waals surface area contributed by atoms with Gasteiger partial charge in [0.25, 0.3) is 0 Å². The van der Waals surface area contributed by atoms with Crippen LogP contribution in [0.15, 0.2) is 237 Å². The van der Waals surface area contributed by atoms with Crippen LogP contribution in [0.5, 0.6) is 0 Å². The highest BCUT2D eigenvalue weighted by molar-refractivity contribution is 7.26. The predicted octanol–water partition coefficient (Wildman–Crippen LogP) is 18.3. The predicted molar refractivity (Wildman–Crippen MR) is 278 cm³/mol. The number of fused-ring (bicyclic) bond motifs is 10. The smallest absolute Gasteiger partial charge is 0.0554 e. The average Bonchev–Trinajstić information content (AvgIpc) is 3.76. The van der Waals surface area contributed by atoms with Crippen molar-refractivity contribution in [2.75, 3.05) is 4.90 Å². The van der Waals surface area contributed by atoms with Crippen molar-refractivity contribution in [3.8, 4) is 33.4 Å². The van der Waals surface area contributed by atoms with Crippen molar-refractivity contribution in [2.45, 2.75) is 0 Å². The van der Waals surface area contributed by atoms with Crippen molar-refractivity contribution in [1.29, 1.82) is 0 Å². The lowest BCUT2D eigenvalue weighted by Gasteiger charge is -2.28. The Bertz CT molecular complexity index is 3970. The van der Waals surface area contributed by atoms with Gasteiger partial charge in [-0.1, -0.05) is 188 Å². The van der Waals surface area contributed by atoms with Gasteiger partial charge in [0, 0.05) is 31.5 Å². The molecule has 298 valence electrons. The minimum atomic E-state index is 1.10. The average molecular weight is 830 g/mol. The molecule has 1 nitrogen and oxygen atoms in total. The highest BCUT2D eigenvalue weighted by atomic mass is 32.1. The molecule has 0 amide bonds. The van der Waals surface area contributed by atoms with Crippen LogP contribution in [0.1, 0.15) is 0 Å². The number of hydrogen-bond acceptors (Lipinski definition) is 2. The summed E-state index contributed by atoms with van der Waals surface area (Å²) in [5, 5.41) is 15.1. The Balaban J connectivity index is 1.06. The SMILES string of the molecule is c1ccc(-c2cc(N(c3ccc4c(-c5cc6ccccc6c6ccccc56)cccc4c3)c3cccc4sc5c6ccccc6ccc5c34)ccc2-c2ccc3ccccc3c2)cc1. The molecular weight excluding hydrogens is 791 g/mol. The third-order valence-corrected chi connectivity index (χ3v) is 14.4. The first kappa shape index (κ1) is 36.6. The van der Waals surface area contributed by atoms with Gasteiger partial charge in [0.05, 0.1) is 5.69 Å². The van der Waals surface area contributed by atoms with Gasteiger partial charge in [-0.25, -0.2) is 0 Å². The Morgan fingerprint density at radius 2 is 0.922 bits per heavy atom. The Morgan fingerprint density at radius 3 is 1.80 bits per heavy atom. The van der Waals surface area contributed by atoms with Crippen molar-refractivity contribution in [3.63, 3.8) is 0 Å². The fourth-order valence-electron chi connectivity index (χ4n) is 10.2. The molecule has 0 N–H and O–H groups in total. The minimum absolute atomic E-state index is 1.10. The summed E-state index contributed by atoms with van der Waals surface area (Å²) in [6.45, 7) is 0. The van der Waals surface area contributed by atoms with E-state index in [2.05, 4.69) is 241 Å². The quantitative estimate of drug-likeness (QED) is 0.151. The molecule has 0 fully saturated rings. The minimum Gasteiger partial charge on any atom is -0.310 e. The first-order valence-electron chi connectivity index (χ1n) is 22.0. The number of anilines is 3. The molecular formula is C62H39NS. The van der Waals surface area contributed by atoms with Gasteiger partial charge in [0.1, 0.15) is 0 Å². The maximum Gasteiger partial charge on any atom is 0.0554 e. The normalized spacial score (nSPS) is 11.8. The van der Waals surface area contributed by atoms with Crippen LogP contribution >= 0.6 is 11.3 Å². The summed E-state index contributed by atoms with van der Waals surface area (Å²) in [7, 11) is 0. The van der Waals surface area contributed by atoms with E-state index in [1.165, 1.54) is 107 Å². The number of hydrogen-bond donors (Lipinski definition) is 0. The summed E-state index contributed by atoms with van der Waals surface area (Å²) in [5.74, 6) is 0. The summed E-state index contributed by atoms with van der Waals surface area (Å²) in [6.07, 6.45) is 0. The molecule has 0 spiro atoms. The summed E-state index contributed by atoms with van der Waals surface area (Å²) >= 11 is 1.89. The van der Waals surface area contributed by atoms with Gasteiger partial charge < -0.3 is 4.90 Å². The van der Waals surface area contributed by atoms with E-state index in [0.717, 1.165) is 17.1 Å². The van der Waals surface area contributed by atoms with Crippen LogP contribution in [0.2, 0.25) is 0 Å². The van der Waals surface area contributed by atoms with Gasteiger partial charge in [-0.2, -0.15) is 0 Å². The van der Waals surface area contributed by atoms with E-state index in [1.54, 1.807) is 0 Å². The molecule has 0 aliphatic heterocycles. The Labute approximate surface area is 375 Å². The molecule has 0 aliphatic carbocycles. The molecule has 13 rings (SSSR count). The third-order valence-electron chi connectivity index (χ3n) is 13.2. The van der Waals surface area contributed by atoms with Gasteiger partial charge >= 0.3 is 0 Å². The highest BCUT2D eigenvalue weighted by Gasteiger charge is 2.22. The monoisotopic (exact) mass is 829 g/mol. The maximum atomic E-state index is 2.50. The van der Waals surface area contributed by atoms with Crippen molar-refractivity contribution >= 4 is 102 Å². The number of rotatable bonds is 6. The number of thiophene rings is 1. The van der Waals surface area contributed by atoms with Crippen LogP contribution in [0.25, 0.3) is 107 Å². The van der Waals surface area contributed by atoms with E-state index in [4.69, 9.17) is 0 Å². The maximum absolute atomic E-state index is 2.50. The second-order valence-electron chi connectivity index (χ2n) is 16.8. The Kier molecular flexibility index (Phi) is 8.47. The molecule has 12 aromatic carbocycles.